The molecule has 5 nitrogen and oxygen atoms in total. The molecule has 2 N–H and O–H groups in total. The van der Waals surface area contributed by atoms with Gasteiger partial charge in [0.25, 0.3) is 0 Å². The number of hydrogen-bond donors (Lipinski definition) is 1. The normalized spacial score (nSPS) is 16.3. The molecule has 0 amide bonds. The first-order chi connectivity index (χ1) is 18.2. The van der Waals surface area contributed by atoms with Crippen molar-refractivity contribution in [3.05, 3.63) is 77.4 Å². The van der Waals surface area contributed by atoms with Crippen LogP contribution in [0.25, 0.3) is 33.3 Å². The second-order valence-electron chi connectivity index (χ2n) is 9.25. The number of hydrogen-bond acceptors (Lipinski definition) is 5. The Morgan fingerprint density at radius 3 is 2.45 bits per heavy atom. The summed E-state index contributed by atoms with van der Waals surface area (Å²) in [7, 11) is 0. The molecule has 194 valence electrons. The second-order valence-corrected chi connectivity index (χ2v) is 9.25. The van der Waals surface area contributed by atoms with Crippen molar-refractivity contribution in [3.63, 3.8) is 0 Å². The summed E-state index contributed by atoms with van der Waals surface area (Å²) in [6.07, 6.45) is -2.37. The molecular weight excluding hydrogens is 501 g/mol. The van der Waals surface area contributed by atoms with E-state index in [-0.39, 0.29) is 22.9 Å². The molecule has 1 aliphatic heterocycles. The van der Waals surface area contributed by atoms with Gasteiger partial charge in [0, 0.05) is 35.6 Å². The largest absolute Gasteiger partial charge is 0.417 e. The van der Waals surface area contributed by atoms with Gasteiger partial charge in [0.05, 0.1) is 22.3 Å². The standard InChI is InChI=1S/C28H22F5N5/c29-22-5-1-4-21(28(31,32)33)25(22)16-8-9-24-20(13-16)26(17-6-7-18(15-34)23(30)14-17)37-27(36-24)38-11-2-3-19(35)10-12-38/h1,4-9,13-14,19H,2-3,10-12,35H2/t19-/m1/s1. The van der Waals surface area contributed by atoms with Gasteiger partial charge in [-0.05, 0) is 61.2 Å². The molecule has 1 saturated heterocycles. The van der Waals surface area contributed by atoms with Crippen LogP contribution in [0.3, 0.4) is 0 Å². The third-order valence-corrected chi connectivity index (χ3v) is 6.71. The Labute approximate surface area is 215 Å². The molecule has 38 heavy (non-hydrogen) atoms. The molecule has 1 atom stereocenters. The van der Waals surface area contributed by atoms with Crippen LogP contribution in [0.15, 0.2) is 54.6 Å². The van der Waals surface area contributed by atoms with Crippen molar-refractivity contribution in [1.29, 1.82) is 5.26 Å². The van der Waals surface area contributed by atoms with E-state index in [1.54, 1.807) is 6.07 Å². The lowest BCUT2D eigenvalue weighted by Gasteiger charge is -2.22. The fraction of sp³-hybridized carbons (Fsp3) is 0.250. The number of benzene rings is 3. The van der Waals surface area contributed by atoms with E-state index in [0.29, 0.717) is 35.5 Å². The summed E-state index contributed by atoms with van der Waals surface area (Å²) in [6.45, 7) is 1.26. The summed E-state index contributed by atoms with van der Waals surface area (Å²) >= 11 is 0. The third-order valence-electron chi connectivity index (χ3n) is 6.71. The van der Waals surface area contributed by atoms with Crippen LogP contribution in [0.5, 0.6) is 0 Å². The molecule has 0 bridgehead atoms. The van der Waals surface area contributed by atoms with Gasteiger partial charge in [-0.2, -0.15) is 18.4 Å². The lowest BCUT2D eigenvalue weighted by Crippen LogP contribution is -2.28. The van der Waals surface area contributed by atoms with E-state index in [4.69, 9.17) is 16.0 Å². The Bertz CT molecular complexity index is 1560. The minimum atomic E-state index is -4.78. The maximum absolute atomic E-state index is 14.8. The summed E-state index contributed by atoms with van der Waals surface area (Å²) in [4.78, 5) is 11.3. The van der Waals surface area contributed by atoms with Crippen molar-refractivity contribution in [1.82, 2.24) is 9.97 Å². The molecule has 4 aromatic rings. The zero-order valence-corrected chi connectivity index (χ0v) is 20.1. The highest BCUT2D eigenvalue weighted by Crippen LogP contribution is 2.40. The summed E-state index contributed by atoms with van der Waals surface area (Å²) in [5.74, 6) is -1.41. The van der Waals surface area contributed by atoms with Gasteiger partial charge in [-0.1, -0.05) is 18.2 Å². The van der Waals surface area contributed by atoms with E-state index >= 15 is 0 Å². The highest BCUT2D eigenvalue weighted by atomic mass is 19.4. The number of rotatable bonds is 3. The van der Waals surface area contributed by atoms with E-state index in [0.717, 1.165) is 43.5 Å². The van der Waals surface area contributed by atoms with Crippen molar-refractivity contribution in [2.24, 2.45) is 5.73 Å². The average molecular weight is 524 g/mol. The van der Waals surface area contributed by atoms with Crippen LogP contribution < -0.4 is 10.6 Å². The van der Waals surface area contributed by atoms with Gasteiger partial charge in [0.1, 0.15) is 17.7 Å². The number of aromatic nitrogens is 2. The van der Waals surface area contributed by atoms with Crippen LogP contribution >= 0.6 is 0 Å². The quantitative estimate of drug-likeness (QED) is 0.312. The molecule has 1 fully saturated rings. The predicted octanol–water partition coefficient (Wildman–Crippen LogP) is 6.45. The molecule has 0 spiro atoms. The highest BCUT2D eigenvalue weighted by molar-refractivity contribution is 5.96. The minimum Gasteiger partial charge on any atom is -0.341 e. The van der Waals surface area contributed by atoms with Gasteiger partial charge in [-0.25, -0.2) is 18.7 Å². The highest BCUT2D eigenvalue weighted by Gasteiger charge is 2.35. The zero-order valence-electron chi connectivity index (χ0n) is 20.1. The molecule has 3 aromatic carbocycles. The Morgan fingerprint density at radius 2 is 1.71 bits per heavy atom. The topological polar surface area (TPSA) is 78.8 Å². The molecule has 0 unspecified atom stereocenters. The molecule has 5 rings (SSSR count). The van der Waals surface area contributed by atoms with Gasteiger partial charge in [-0.15, -0.1) is 0 Å². The maximum atomic E-state index is 14.8. The van der Waals surface area contributed by atoms with E-state index in [2.05, 4.69) is 4.98 Å². The maximum Gasteiger partial charge on any atom is 0.417 e. The Kier molecular flexibility index (Phi) is 6.71. The molecule has 0 saturated carbocycles. The Balaban J connectivity index is 1.74. The number of nitriles is 1. The van der Waals surface area contributed by atoms with Gasteiger partial charge in [0.15, 0.2) is 0 Å². The molecule has 0 aliphatic carbocycles. The SMILES string of the molecule is N#Cc1ccc(-c2nc(N3CCC[C@@H](N)CC3)nc3ccc(-c4c(F)cccc4C(F)(F)F)cc23)cc1F. The van der Waals surface area contributed by atoms with E-state index in [1.165, 1.54) is 30.3 Å². The summed E-state index contributed by atoms with van der Waals surface area (Å²) in [5.41, 5.74) is 5.20. The number of fused-ring (bicyclic) bond motifs is 1. The molecular formula is C28H22F5N5. The van der Waals surface area contributed by atoms with Crippen LogP contribution in [-0.2, 0) is 6.18 Å². The molecule has 2 heterocycles. The lowest BCUT2D eigenvalue weighted by molar-refractivity contribution is -0.137. The van der Waals surface area contributed by atoms with Gasteiger partial charge >= 0.3 is 6.18 Å². The first-order valence-corrected chi connectivity index (χ1v) is 12.0. The second kappa shape index (κ2) is 9.99. The third kappa shape index (κ3) is 4.89. The van der Waals surface area contributed by atoms with Crippen LogP contribution in [0.1, 0.15) is 30.4 Å². The van der Waals surface area contributed by atoms with Crippen molar-refractivity contribution < 1.29 is 22.0 Å². The molecule has 1 aliphatic rings. The fourth-order valence-corrected chi connectivity index (χ4v) is 4.76. The van der Waals surface area contributed by atoms with E-state index in [9.17, 15) is 22.0 Å². The minimum absolute atomic E-state index is 0.0182. The molecule has 1 aromatic heterocycles. The van der Waals surface area contributed by atoms with E-state index in [1.807, 2.05) is 4.90 Å². The first kappa shape index (κ1) is 25.5. The van der Waals surface area contributed by atoms with Crippen molar-refractivity contribution in [2.45, 2.75) is 31.5 Å². The monoisotopic (exact) mass is 523 g/mol. The predicted molar refractivity (Wildman–Crippen MR) is 134 cm³/mol. The summed E-state index contributed by atoms with van der Waals surface area (Å²) in [6, 6.07) is 12.9. The zero-order chi connectivity index (χ0) is 27.0. The Morgan fingerprint density at radius 1 is 0.921 bits per heavy atom. The lowest BCUT2D eigenvalue weighted by atomic mass is 9.95. The molecule has 0 radical (unpaired) electrons. The van der Waals surface area contributed by atoms with Crippen LogP contribution in [-0.4, -0.2) is 29.1 Å². The summed E-state index contributed by atoms with van der Waals surface area (Å²) < 4.78 is 70.6. The first-order valence-electron chi connectivity index (χ1n) is 12.0. The van der Waals surface area contributed by atoms with Gasteiger partial charge in [0.2, 0.25) is 5.95 Å². The number of halogens is 5. The summed E-state index contributed by atoms with van der Waals surface area (Å²) in [5, 5.41) is 9.45. The number of anilines is 1. The number of alkyl halides is 3. The van der Waals surface area contributed by atoms with Gasteiger partial charge in [-0.3, -0.25) is 0 Å². The van der Waals surface area contributed by atoms with Crippen molar-refractivity contribution in [3.8, 4) is 28.5 Å². The van der Waals surface area contributed by atoms with Gasteiger partial charge < -0.3 is 10.6 Å². The number of nitrogens with two attached hydrogens (primary N) is 1. The smallest absolute Gasteiger partial charge is 0.341 e. The molecule has 10 heteroatoms. The van der Waals surface area contributed by atoms with E-state index < -0.39 is 28.9 Å². The number of nitrogens with zero attached hydrogens (tertiary/aromatic N) is 4. The fourth-order valence-electron chi connectivity index (χ4n) is 4.76. The Hall–Kier alpha value is -4.10. The van der Waals surface area contributed by atoms with Crippen LogP contribution in [0.2, 0.25) is 0 Å². The van der Waals surface area contributed by atoms with Crippen LogP contribution in [0, 0.1) is 23.0 Å². The van der Waals surface area contributed by atoms with Crippen molar-refractivity contribution in [2.75, 3.05) is 18.0 Å². The van der Waals surface area contributed by atoms with Crippen molar-refractivity contribution >= 4 is 16.9 Å². The average Bonchev–Trinajstić information content (AvgIpc) is 3.11. The van der Waals surface area contributed by atoms with Crippen LogP contribution in [0.4, 0.5) is 27.9 Å².